The summed E-state index contributed by atoms with van der Waals surface area (Å²) in [4.78, 5) is 35.5. The molecule has 72 valence electrons. The van der Waals surface area contributed by atoms with Crippen molar-refractivity contribution >= 4 is 18.2 Å². The van der Waals surface area contributed by atoms with E-state index in [9.17, 15) is 9.59 Å². The van der Waals surface area contributed by atoms with Crippen molar-refractivity contribution in [1.82, 2.24) is 9.97 Å². The van der Waals surface area contributed by atoms with Crippen molar-refractivity contribution in [3.63, 3.8) is 0 Å². The van der Waals surface area contributed by atoms with Gasteiger partial charge in [-0.25, -0.2) is 9.59 Å². The Morgan fingerprint density at radius 2 is 1.80 bits per heavy atom. The van der Waals surface area contributed by atoms with Gasteiger partial charge in [-0.05, 0) is 12.2 Å². The molecule has 0 N–H and O–H groups in total. The summed E-state index contributed by atoms with van der Waals surface area (Å²) in [5.74, 6) is 0. The maximum atomic E-state index is 10.3. The lowest BCUT2D eigenvalue weighted by atomic mass is 10.1. The molecule has 0 bridgehead atoms. The third-order valence-electron chi connectivity index (χ3n) is 1.98. The third-order valence-corrected chi connectivity index (χ3v) is 1.98. The average Bonchev–Trinajstić information content (AvgIpc) is 2.60. The van der Waals surface area contributed by atoms with Crippen molar-refractivity contribution in [3.05, 3.63) is 29.9 Å². The Morgan fingerprint density at radius 3 is 2.47 bits per heavy atom. The molecular weight excluding hydrogens is 196 g/mol. The van der Waals surface area contributed by atoms with Crippen molar-refractivity contribution in [2.24, 2.45) is 9.98 Å². The van der Waals surface area contributed by atoms with Gasteiger partial charge in [0.2, 0.25) is 17.8 Å². The average molecular weight is 200 g/mol. The van der Waals surface area contributed by atoms with E-state index in [4.69, 9.17) is 0 Å². The van der Waals surface area contributed by atoms with Crippen molar-refractivity contribution in [3.8, 4) is 0 Å². The zero-order valence-corrected chi connectivity index (χ0v) is 7.41. The van der Waals surface area contributed by atoms with E-state index >= 15 is 0 Å². The Balaban J connectivity index is 2.69. The summed E-state index contributed by atoms with van der Waals surface area (Å²) in [5, 5.41) is 0. The SMILES string of the molecule is O=C=NC1(N=C=O)C=Cc2nccnc21. The number of hydrogen-bond acceptors (Lipinski definition) is 6. The number of fused-ring (bicyclic) bond motifs is 1. The molecule has 6 heteroatoms. The van der Waals surface area contributed by atoms with Gasteiger partial charge in [0.25, 0.3) is 0 Å². The zero-order chi connectivity index (χ0) is 10.7. The number of rotatable bonds is 2. The summed E-state index contributed by atoms with van der Waals surface area (Å²) in [7, 11) is 0. The van der Waals surface area contributed by atoms with Crippen LogP contribution in [0.2, 0.25) is 0 Å². The fourth-order valence-corrected chi connectivity index (χ4v) is 1.37. The van der Waals surface area contributed by atoms with E-state index in [2.05, 4.69) is 20.0 Å². The molecule has 0 aromatic carbocycles. The zero-order valence-electron chi connectivity index (χ0n) is 7.41. The highest BCUT2D eigenvalue weighted by atomic mass is 16.1. The second-order valence-electron chi connectivity index (χ2n) is 2.76. The number of nitrogens with zero attached hydrogens (tertiary/aromatic N) is 4. The van der Waals surface area contributed by atoms with E-state index < -0.39 is 5.66 Å². The Bertz CT molecular complexity index is 507. The van der Waals surface area contributed by atoms with Crippen molar-refractivity contribution in [1.29, 1.82) is 0 Å². The Kier molecular flexibility index (Phi) is 2.06. The summed E-state index contributed by atoms with van der Waals surface area (Å²) >= 11 is 0. The summed E-state index contributed by atoms with van der Waals surface area (Å²) in [5.41, 5.74) is -0.570. The molecule has 0 radical (unpaired) electrons. The van der Waals surface area contributed by atoms with E-state index in [0.717, 1.165) is 0 Å². The van der Waals surface area contributed by atoms with E-state index in [-0.39, 0.29) is 0 Å². The molecular formula is C9H4N4O2. The van der Waals surface area contributed by atoms with E-state index in [1.165, 1.54) is 30.6 Å². The number of hydrogen-bond donors (Lipinski definition) is 0. The van der Waals surface area contributed by atoms with Crippen LogP contribution in [0.3, 0.4) is 0 Å². The van der Waals surface area contributed by atoms with Crippen LogP contribution in [0.1, 0.15) is 11.4 Å². The van der Waals surface area contributed by atoms with Crippen LogP contribution in [0.25, 0.3) is 6.08 Å². The predicted octanol–water partition coefficient (Wildman–Crippen LogP) is 0.328. The maximum Gasteiger partial charge on any atom is 0.238 e. The summed E-state index contributed by atoms with van der Waals surface area (Å²) in [6.45, 7) is 0. The molecule has 0 fully saturated rings. The minimum atomic E-state index is -1.42. The fraction of sp³-hybridized carbons (Fsp3) is 0.111. The molecule has 0 atom stereocenters. The van der Waals surface area contributed by atoms with Crippen molar-refractivity contribution < 1.29 is 9.59 Å². The summed E-state index contributed by atoms with van der Waals surface area (Å²) in [6.07, 6.45) is 8.68. The van der Waals surface area contributed by atoms with Gasteiger partial charge in [-0.1, -0.05) is 0 Å². The van der Waals surface area contributed by atoms with Crippen LogP contribution in [-0.2, 0) is 15.3 Å². The van der Waals surface area contributed by atoms with Gasteiger partial charge in [0.05, 0.1) is 5.69 Å². The minimum absolute atomic E-state index is 0.330. The Hall–Kier alpha value is -2.42. The Labute approximate surface area is 84.1 Å². The largest absolute Gasteiger partial charge is 0.253 e. The normalized spacial score (nSPS) is 21.3. The molecule has 0 saturated heterocycles. The van der Waals surface area contributed by atoms with Crippen molar-refractivity contribution in [2.75, 3.05) is 0 Å². The van der Waals surface area contributed by atoms with Gasteiger partial charge in [-0.15, -0.1) is 0 Å². The second kappa shape index (κ2) is 3.38. The van der Waals surface area contributed by atoms with Gasteiger partial charge in [0.15, 0.2) is 0 Å². The molecule has 1 aromatic heterocycles. The first kappa shape index (κ1) is 9.15. The summed E-state index contributed by atoms with van der Waals surface area (Å²) in [6, 6.07) is 0. The first-order chi connectivity index (χ1) is 7.32. The molecule has 0 spiro atoms. The highest BCUT2D eigenvalue weighted by Crippen LogP contribution is 2.34. The molecule has 0 unspecified atom stereocenters. The van der Waals surface area contributed by atoms with Crippen LogP contribution in [0.5, 0.6) is 0 Å². The lowest BCUT2D eigenvalue weighted by Gasteiger charge is -2.12. The molecule has 0 aliphatic heterocycles. The molecule has 1 heterocycles. The van der Waals surface area contributed by atoms with E-state index in [0.29, 0.717) is 11.4 Å². The standard InChI is InChI=1S/C9H4N4O2/c14-5-12-9(13-6-15)2-1-7-8(9)11-4-3-10-7/h1-4H. The lowest BCUT2D eigenvalue weighted by Crippen LogP contribution is -2.17. The van der Waals surface area contributed by atoms with Crippen LogP contribution in [0.4, 0.5) is 0 Å². The first-order valence-corrected chi connectivity index (χ1v) is 4.01. The van der Waals surface area contributed by atoms with Gasteiger partial charge in [-0.3, -0.25) is 9.97 Å². The van der Waals surface area contributed by atoms with Gasteiger partial charge in [0, 0.05) is 12.4 Å². The molecule has 0 amide bonds. The van der Waals surface area contributed by atoms with Crippen LogP contribution in [-0.4, -0.2) is 22.1 Å². The van der Waals surface area contributed by atoms with Crippen LogP contribution < -0.4 is 0 Å². The van der Waals surface area contributed by atoms with Crippen molar-refractivity contribution in [2.45, 2.75) is 5.66 Å². The second-order valence-corrected chi connectivity index (χ2v) is 2.76. The monoisotopic (exact) mass is 200 g/mol. The fourth-order valence-electron chi connectivity index (χ4n) is 1.37. The number of aromatic nitrogens is 2. The lowest BCUT2D eigenvalue weighted by molar-refractivity contribution is 0.521. The molecule has 1 aromatic rings. The van der Waals surface area contributed by atoms with Crippen LogP contribution in [0, 0.1) is 0 Å². The quantitative estimate of drug-likeness (QED) is 0.508. The molecule has 0 saturated carbocycles. The van der Waals surface area contributed by atoms with Crippen LogP contribution in [0.15, 0.2) is 28.5 Å². The molecule has 15 heavy (non-hydrogen) atoms. The van der Waals surface area contributed by atoms with E-state index in [1.54, 1.807) is 6.08 Å². The topological polar surface area (TPSA) is 84.6 Å². The van der Waals surface area contributed by atoms with Gasteiger partial charge >= 0.3 is 0 Å². The molecule has 1 aliphatic rings. The third kappa shape index (κ3) is 1.30. The molecule has 2 rings (SSSR count). The smallest absolute Gasteiger partial charge is 0.238 e. The number of aliphatic imine (C=N–C) groups is 2. The minimum Gasteiger partial charge on any atom is -0.253 e. The number of carbonyl (C=O) groups excluding carboxylic acids is 2. The maximum absolute atomic E-state index is 10.3. The highest BCUT2D eigenvalue weighted by Gasteiger charge is 2.37. The molecule has 6 nitrogen and oxygen atoms in total. The molecule has 1 aliphatic carbocycles. The number of isocyanates is 2. The highest BCUT2D eigenvalue weighted by molar-refractivity contribution is 5.61. The van der Waals surface area contributed by atoms with Gasteiger partial charge in [0.1, 0.15) is 5.69 Å². The van der Waals surface area contributed by atoms with E-state index in [1.807, 2.05) is 0 Å². The predicted molar refractivity (Wildman–Crippen MR) is 49.0 cm³/mol. The van der Waals surface area contributed by atoms with Gasteiger partial charge in [-0.2, -0.15) is 9.98 Å². The van der Waals surface area contributed by atoms with Gasteiger partial charge < -0.3 is 0 Å². The summed E-state index contributed by atoms with van der Waals surface area (Å²) < 4.78 is 0. The Morgan fingerprint density at radius 1 is 1.13 bits per heavy atom. The first-order valence-electron chi connectivity index (χ1n) is 4.01. The van der Waals surface area contributed by atoms with Crippen LogP contribution >= 0.6 is 0 Å².